The Labute approximate surface area is 235 Å². The van der Waals surface area contributed by atoms with Gasteiger partial charge < -0.3 is 54.1 Å². The Morgan fingerprint density at radius 2 is 1.54 bits per heavy atom. The van der Waals surface area contributed by atoms with Crippen molar-refractivity contribution < 1.29 is 34.2 Å². The van der Waals surface area contributed by atoms with E-state index in [9.17, 15) is 34.2 Å². The molecule has 2 aromatic rings. The predicted molar refractivity (Wildman–Crippen MR) is 149 cm³/mol. The van der Waals surface area contributed by atoms with Crippen LogP contribution in [0.4, 0.5) is 0 Å². The van der Waals surface area contributed by atoms with Gasteiger partial charge >= 0.3 is 5.97 Å². The normalized spacial score (nSPS) is 13.8. The number of aromatic amines is 1. The number of nitrogens with zero attached hydrogens (tertiary/aromatic N) is 1. The van der Waals surface area contributed by atoms with Gasteiger partial charge in [0, 0.05) is 36.5 Å². The number of aliphatic hydroxyl groups is 1. The van der Waals surface area contributed by atoms with Crippen LogP contribution in [0.5, 0.6) is 0 Å². The van der Waals surface area contributed by atoms with Crippen molar-refractivity contribution in [3.63, 3.8) is 0 Å². The van der Waals surface area contributed by atoms with E-state index in [2.05, 4.69) is 25.9 Å². The molecule has 0 saturated heterocycles. The molecule has 16 nitrogen and oxygen atoms in total. The van der Waals surface area contributed by atoms with E-state index in [0.29, 0.717) is 5.56 Å². The summed E-state index contributed by atoms with van der Waals surface area (Å²) in [6.45, 7) is -0.757. The fourth-order valence-corrected chi connectivity index (χ4v) is 3.94. The van der Waals surface area contributed by atoms with Crippen LogP contribution in [0.1, 0.15) is 31.2 Å². The third kappa shape index (κ3) is 10.4. The number of aliphatic hydroxyl groups excluding tert-OH is 1. The standard InChI is InChI=1S/C25H37N9O7/c26-15(7-8-20(27)36)21(37)33-18(10-13-11-31-16-5-2-1-4-14(13)16)23(39)32-17(6-3-9-30-25(28)29)22(38)34-19(12-35)24(40)41/h1-2,4-5,11,15,17-19,31,35H,3,6-10,12,26H2,(H2,27,36)(H,32,39)(H,33,37)(H,34,38)(H,40,41)(H4,28,29,30). The number of para-hydroxylation sites is 1. The summed E-state index contributed by atoms with van der Waals surface area (Å²) in [5, 5.41) is 26.6. The van der Waals surface area contributed by atoms with Crippen LogP contribution >= 0.6 is 0 Å². The van der Waals surface area contributed by atoms with Crippen molar-refractivity contribution in [1.29, 1.82) is 0 Å². The van der Waals surface area contributed by atoms with Gasteiger partial charge in [-0.05, 0) is 30.9 Å². The minimum atomic E-state index is -1.61. The van der Waals surface area contributed by atoms with Crippen LogP contribution in [0.25, 0.3) is 10.9 Å². The molecule has 0 aliphatic heterocycles. The van der Waals surface area contributed by atoms with Crippen LogP contribution in [0.2, 0.25) is 0 Å². The fourth-order valence-electron chi connectivity index (χ4n) is 3.94. The minimum Gasteiger partial charge on any atom is -0.480 e. The first-order valence-corrected chi connectivity index (χ1v) is 12.8. The number of benzene rings is 1. The maximum absolute atomic E-state index is 13.5. The minimum absolute atomic E-state index is 0.000850. The molecule has 14 N–H and O–H groups in total. The zero-order valence-electron chi connectivity index (χ0n) is 22.3. The number of carboxylic acid groups (broad SMARTS) is 1. The molecule has 16 heteroatoms. The molecule has 0 bridgehead atoms. The molecule has 4 atom stereocenters. The fraction of sp³-hybridized carbons (Fsp3) is 0.440. The number of carboxylic acids is 1. The number of H-pyrrole nitrogens is 1. The van der Waals surface area contributed by atoms with Crippen molar-refractivity contribution in [1.82, 2.24) is 20.9 Å². The number of aromatic nitrogens is 1. The lowest BCUT2D eigenvalue weighted by atomic mass is 10.0. The Hall–Kier alpha value is -4.70. The average molecular weight is 576 g/mol. The molecule has 0 aliphatic carbocycles. The van der Waals surface area contributed by atoms with Crippen molar-refractivity contribution in [2.45, 2.75) is 56.3 Å². The van der Waals surface area contributed by atoms with E-state index in [-0.39, 0.29) is 44.6 Å². The highest BCUT2D eigenvalue weighted by Gasteiger charge is 2.30. The number of hydrogen-bond donors (Lipinski definition) is 10. The molecule has 0 fully saturated rings. The number of hydrogen-bond acceptors (Lipinski definition) is 8. The van der Waals surface area contributed by atoms with Gasteiger partial charge in [-0.3, -0.25) is 24.2 Å². The number of primary amides is 1. The third-order valence-corrected chi connectivity index (χ3v) is 6.15. The maximum atomic E-state index is 13.5. The first kappa shape index (κ1) is 32.5. The molecule has 4 unspecified atom stereocenters. The van der Waals surface area contributed by atoms with Crippen LogP contribution < -0.4 is 38.9 Å². The molecule has 0 spiro atoms. The Balaban J connectivity index is 2.30. The zero-order valence-corrected chi connectivity index (χ0v) is 22.3. The number of guanidine groups is 1. The summed E-state index contributed by atoms with van der Waals surface area (Å²) in [5.41, 5.74) is 23.2. The van der Waals surface area contributed by atoms with E-state index in [4.69, 9.17) is 22.9 Å². The number of fused-ring (bicyclic) bond motifs is 1. The second-order valence-electron chi connectivity index (χ2n) is 9.33. The van der Waals surface area contributed by atoms with Crippen LogP contribution in [0.15, 0.2) is 35.5 Å². The number of carbonyl (C=O) groups excluding carboxylic acids is 4. The topological polar surface area (TPSA) is 294 Å². The van der Waals surface area contributed by atoms with Crippen LogP contribution in [-0.4, -0.2) is 88.1 Å². The highest BCUT2D eigenvalue weighted by molar-refractivity contribution is 5.95. The molecule has 0 saturated carbocycles. The molecule has 224 valence electrons. The smallest absolute Gasteiger partial charge is 0.328 e. The number of carbonyl (C=O) groups is 5. The van der Waals surface area contributed by atoms with E-state index in [1.807, 2.05) is 24.3 Å². The van der Waals surface area contributed by atoms with Crippen molar-refractivity contribution in [3.05, 3.63) is 36.0 Å². The number of aliphatic imine (C=N–C) groups is 1. The van der Waals surface area contributed by atoms with E-state index in [1.165, 1.54) is 0 Å². The summed E-state index contributed by atoms with van der Waals surface area (Å²) in [4.78, 5) is 68.6. The first-order valence-electron chi connectivity index (χ1n) is 12.8. The summed E-state index contributed by atoms with van der Waals surface area (Å²) < 4.78 is 0. The molecule has 4 amide bonds. The summed E-state index contributed by atoms with van der Waals surface area (Å²) in [6, 6.07) is 2.07. The van der Waals surface area contributed by atoms with Crippen LogP contribution in [-0.2, 0) is 30.4 Å². The summed E-state index contributed by atoms with van der Waals surface area (Å²) in [5.74, 6) is -4.63. The van der Waals surface area contributed by atoms with Gasteiger partial charge in [-0.15, -0.1) is 0 Å². The lowest BCUT2D eigenvalue weighted by Crippen LogP contribution is -2.58. The SMILES string of the molecule is NC(=O)CCC(N)C(=O)NC(Cc1c[nH]c2ccccc12)C(=O)NC(CCCN=C(N)N)C(=O)NC(CO)C(=O)O. The molecule has 2 rings (SSSR count). The largest absolute Gasteiger partial charge is 0.480 e. The second kappa shape index (κ2) is 15.8. The van der Waals surface area contributed by atoms with Gasteiger partial charge in [-0.2, -0.15) is 0 Å². The third-order valence-electron chi connectivity index (χ3n) is 6.15. The Morgan fingerprint density at radius 1 is 0.902 bits per heavy atom. The quantitative estimate of drug-likeness (QED) is 0.0514. The summed E-state index contributed by atoms with van der Waals surface area (Å²) in [7, 11) is 0. The maximum Gasteiger partial charge on any atom is 0.328 e. The lowest BCUT2D eigenvalue weighted by molar-refractivity contribution is -0.143. The molecule has 1 aromatic heterocycles. The van der Waals surface area contributed by atoms with Gasteiger partial charge in [0.2, 0.25) is 23.6 Å². The summed E-state index contributed by atoms with van der Waals surface area (Å²) in [6.07, 6.45) is 1.73. The van der Waals surface area contributed by atoms with Gasteiger partial charge in [-0.1, -0.05) is 18.2 Å². The predicted octanol–water partition coefficient (Wildman–Crippen LogP) is -3.11. The monoisotopic (exact) mass is 575 g/mol. The van der Waals surface area contributed by atoms with E-state index in [1.54, 1.807) is 6.20 Å². The molecule has 0 radical (unpaired) electrons. The molecule has 0 aliphatic rings. The molecular weight excluding hydrogens is 538 g/mol. The van der Waals surface area contributed by atoms with Crippen molar-refractivity contribution in [3.8, 4) is 0 Å². The molecular formula is C25H37N9O7. The average Bonchev–Trinajstić information content (AvgIpc) is 3.33. The number of rotatable bonds is 17. The second-order valence-corrected chi connectivity index (χ2v) is 9.33. The zero-order chi connectivity index (χ0) is 30.5. The van der Waals surface area contributed by atoms with Crippen molar-refractivity contribution in [2.75, 3.05) is 13.2 Å². The molecule has 1 heterocycles. The Kier molecular flexibility index (Phi) is 12.5. The van der Waals surface area contributed by atoms with E-state index >= 15 is 0 Å². The highest BCUT2D eigenvalue weighted by atomic mass is 16.4. The van der Waals surface area contributed by atoms with Crippen LogP contribution in [0.3, 0.4) is 0 Å². The van der Waals surface area contributed by atoms with Crippen LogP contribution in [0, 0.1) is 0 Å². The number of nitrogens with two attached hydrogens (primary N) is 4. The first-order chi connectivity index (χ1) is 19.4. The summed E-state index contributed by atoms with van der Waals surface area (Å²) >= 11 is 0. The number of amides is 4. The molecule has 41 heavy (non-hydrogen) atoms. The van der Waals surface area contributed by atoms with E-state index < -0.39 is 60.4 Å². The van der Waals surface area contributed by atoms with Gasteiger partial charge in [0.15, 0.2) is 5.96 Å². The number of aliphatic carboxylic acids is 1. The van der Waals surface area contributed by atoms with Gasteiger partial charge in [0.1, 0.15) is 18.1 Å². The van der Waals surface area contributed by atoms with Gasteiger partial charge in [-0.25, -0.2) is 4.79 Å². The molecule has 1 aromatic carbocycles. The van der Waals surface area contributed by atoms with Crippen molar-refractivity contribution >= 4 is 46.5 Å². The lowest BCUT2D eigenvalue weighted by Gasteiger charge is -2.25. The Morgan fingerprint density at radius 3 is 2.17 bits per heavy atom. The van der Waals surface area contributed by atoms with Gasteiger partial charge in [0.25, 0.3) is 0 Å². The van der Waals surface area contributed by atoms with Gasteiger partial charge in [0.05, 0.1) is 12.6 Å². The van der Waals surface area contributed by atoms with E-state index in [0.717, 1.165) is 10.9 Å². The Bertz CT molecular complexity index is 1260. The highest BCUT2D eigenvalue weighted by Crippen LogP contribution is 2.19. The van der Waals surface area contributed by atoms with Crippen molar-refractivity contribution in [2.24, 2.45) is 27.9 Å². The number of nitrogens with one attached hydrogen (secondary N) is 4.